The second-order valence-electron chi connectivity index (χ2n) is 6.39. The Labute approximate surface area is 152 Å². The summed E-state index contributed by atoms with van der Waals surface area (Å²) in [6.07, 6.45) is 1.80. The van der Waals surface area contributed by atoms with Crippen LogP contribution in [-0.4, -0.2) is 43.4 Å². The first-order valence-electron chi connectivity index (χ1n) is 8.01. The van der Waals surface area contributed by atoms with E-state index in [0.29, 0.717) is 13.1 Å². The molecule has 25 heavy (non-hydrogen) atoms. The lowest BCUT2D eigenvalue weighted by atomic mass is 10.0. The van der Waals surface area contributed by atoms with Crippen LogP contribution in [0.2, 0.25) is 0 Å². The van der Waals surface area contributed by atoms with Gasteiger partial charge in [-0.1, -0.05) is 13.0 Å². The van der Waals surface area contributed by atoms with Gasteiger partial charge in [0.1, 0.15) is 9.10 Å². The zero-order valence-electron chi connectivity index (χ0n) is 14.3. The Morgan fingerprint density at radius 1 is 1.20 bits per heavy atom. The van der Waals surface area contributed by atoms with Crippen molar-refractivity contribution in [3.05, 3.63) is 28.9 Å². The Hall–Kier alpha value is -1.23. The molecule has 3 heterocycles. The molecule has 0 N–H and O–H groups in total. The zero-order chi connectivity index (χ0) is 18.4. The van der Waals surface area contributed by atoms with E-state index in [1.165, 1.54) is 24.2 Å². The zero-order valence-corrected chi connectivity index (χ0v) is 16.8. The number of hydrogen-bond donors (Lipinski definition) is 0. The third-order valence-corrected chi connectivity index (χ3v) is 9.54. The van der Waals surface area contributed by atoms with E-state index in [-0.39, 0.29) is 26.4 Å². The molecule has 138 valence electrons. The summed E-state index contributed by atoms with van der Waals surface area (Å²) in [7, 11) is -7.66. The van der Waals surface area contributed by atoms with E-state index >= 15 is 0 Å². The predicted molar refractivity (Wildman–Crippen MR) is 95.8 cm³/mol. The van der Waals surface area contributed by atoms with E-state index in [0.717, 1.165) is 28.3 Å². The highest BCUT2D eigenvalue weighted by Crippen LogP contribution is 2.30. The number of aryl methyl sites for hydroxylation is 1. The van der Waals surface area contributed by atoms with E-state index in [1.807, 2.05) is 6.92 Å². The minimum Gasteiger partial charge on any atom is -0.207 e. The molecule has 2 aromatic heterocycles. The van der Waals surface area contributed by atoms with Crippen LogP contribution in [0.5, 0.6) is 0 Å². The third-order valence-electron chi connectivity index (χ3n) is 4.38. The van der Waals surface area contributed by atoms with Gasteiger partial charge in [-0.3, -0.25) is 0 Å². The lowest BCUT2D eigenvalue weighted by molar-refractivity contribution is 0.281. The van der Waals surface area contributed by atoms with Gasteiger partial charge in [0.15, 0.2) is 0 Å². The van der Waals surface area contributed by atoms with Gasteiger partial charge in [0.25, 0.3) is 10.0 Å². The first-order valence-corrected chi connectivity index (χ1v) is 11.8. The molecular weight excluding hydrogens is 382 g/mol. The highest BCUT2D eigenvalue weighted by Gasteiger charge is 2.35. The summed E-state index contributed by atoms with van der Waals surface area (Å²) in [6, 6.07) is 3.12. The standard InChI is InChI=1S/C15H21N3O4S3/c1-11-6-4-8-17(10-11)25(21,22)15-12(2)16-18(13(15)3)24(19,20)14-7-5-9-23-14/h5,7,9,11H,4,6,8,10H2,1-3H3. The monoisotopic (exact) mass is 403 g/mol. The fourth-order valence-corrected chi connectivity index (χ4v) is 7.63. The highest BCUT2D eigenvalue weighted by atomic mass is 32.2. The van der Waals surface area contributed by atoms with Crippen molar-refractivity contribution < 1.29 is 16.8 Å². The summed E-state index contributed by atoms with van der Waals surface area (Å²) in [4.78, 5) is 0.00160. The van der Waals surface area contributed by atoms with Gasteiger partial charge in [-0.25, -0.2) is 8.42 Å². The molecule has 1 atom stereocenters. The van der Waals surface area contributed by atoms with Crippen molar-refractivity contribution >= 4 is 31.4 Å². The summed E-state index contributed by atoms with van der Waals surface area (Å²) < 4.78 is 54.1. The van der Waals surface area contributed by atoms with Crippen LogP contribution in [0.15, 0.2) is 26.6 Å². The van der Waals surface area contributed by atoms with Crippen LogP contribution in [0.4, 0.5) is 0 Å². The number of sulfonamides is 1. The lowest BCUT2D eigenvalue weighted by Gasteiger charge is -2.30. The van der Waals surface area contributed by atoms with Crippen molar-refractivity contribution in [1.82, 2.24) is 13.5 Å². The normalized spacial score (nSPS) is 20.0. The van der Waals surface area contributed by atoms with Gasteiger partial charge in [0.2, 0.25) is 10.0 Å². The van der Waals surface area contributed by atoms with Crippen LogP contribution in [0.3, 0.4) is 0 Å². The number of rotatable bonds is 4. The van der Waals surface area contributed by atoms with E-state index in [2.05, 4.69) is 5.10 Å². The van der Waals surface area contributed by atoms with Crippen molar-refractivity contribution in [2.45, 2.75) is 42.7 Å². The molecule has 1 aliphatic heterocycles. The topological polar surface area (TPSA) is 89.3 Å². The van der Waals surface area contributed by atoms with Crippen LogP contribution in [0, 0.1) is 19.8 Å². The summed E-state index contributed by atoms with van der Waals surface area (Å²) >= 11 is 1.08. The van der Waals surface area contributed by atoms with Crippen LogP contribution in [-0.2, 0) is 20.0 Å². The average molecular weight is 404 g/mol. The molecule has 0 aliphatic carbocycles. The van der Waals surface area contributed by atoms with Crippen molar-refractivity contribution in [1.29, 1.82) is 0 Å². The molecule has 1 saturated heterocycles. The van der Waals surface area contributed by atoms with Gasteiger partial charge in [0.05, 0.1) is 11.4 Å². The molecule has 0 amide bonds. The maximum Gasteiger partial charge on any atom is 0.292 e. The molecule has 0 spiro atoms. The van der Waals surface area contributed by atoms with Gasteiger partial charge in [-0.05, 0) is 44.1 Å². The molecule has 1 fully saturated rings. The molecule has 0 saturated carbocycles. The quantitative estimate of drug-likeness (QED) is 0.781. The van der Waals surface area contributed by atoms with Crippen LogP contribution in [0.25, 0.3) is 0 Å². The molecule has 10 heteroatoms. The SMILES string of the molecule is Cc1nn(S(=O)(=O)c2cccs2)c(C)c1S(=O)(=O)N1CCCC(C)C1. The first kappa shape index (κ1) is 18.6. The highest BCUT2D eigenvalue weighted by molar-refractivity contribution is 7.92. The average Bonchev–Trinajstić information content (AvgIpc) is 3.16. The Balaban J connectivity index is 2.09. The summed E-state index contributed by atoms with van der Waals surface area (Å²) in [5.74, 6) is 0.286. The molecule has 1 aliphatic rings. The first-order chi connectivity index (χ1) is 11.7. The third kappa shape index (κ3) is 3.16. The number of aromatic nitrogens is 2. The Morgan fingerprint density at radius 3 is 2.52 bits per heavy atom. The number of piperidine rings is 1. The van der Waals surface area contributed by atoms with Crippen molar-refractivity contribution in [3.63, 3.8) is 0 Å². The molecule has 0 aromatic carbocycles. The van der Waals surface area contributed by atoms with E-state index in [1.54, 1.807) is 11.4 Å². The minimum atomic E-state index is -3.89. The fourth-order valence-electron chi connectivity index (χ4n) is 3.20. The molecule has 3 rings (SSSR count). The second kappa shape index (κ2) is 6.49. The smallest absolute Gasteiger partial charge is 0.207 e. The number of thiophene rings is 1. The molecule has 2 aromatic rings. The Kier molecular flexibility index (Phi) is 4.82. The summed E-state index contributed by atoms with van der Waals surface area (Å²) in [5, 5.41) is 5.71. The van der Waals surface area contributed by atoms with Crippen molar-refractivity contribution in [3.8, 4) is 0 Å². The predicted octanol–water partition coefficient (Wildman–Crippen LogP) is 2.22. The largest absolute Gasteiger partial charge is 0.292 e. The Bertz CT molecular complexity index is 976. The van der Waals surface area contributed by atoms with Gasteiger partial charge < -0.3 is 0 Å². The fraction of sp³-hybridized carbons (Fsp3) is 0.533. The molecular formula is C15H21N3O4S3. The number of nitrogens with zero attached hydrogens (tertiary/aromatic N) is 3. The second-order valence-corrected chi connectivity index (χ2v) is 11.2. The molecule has 0 radical (unpaired) electrons. The van der Waals surface area contributed by atoms with E-state index in [9.17, 15) is 16.8 Å². The number of hydrogen-bond acceptors (Lipinski definition) is 6. The lowest BCUT2D eigenvalue weighted by Crippen LogP contribution is -2.39. The van der Waals surface area contributed by atoms with Crippen LogP contribution in [0.1, 0.15) is 31.2 Å². The molecule has 1 unspecified atom stereocenters. The van der Waals surface area contributed by atoms with Gasteiger partial charge >= 0.3 is 0 Å². The van der Waals surface area contributed by atoms with Gasteiger partial charge in [-0.15, -0.1) is 11.3 Å². The van der Waals surface area contributed by atoms with Crippen LogP contribution < -0.4 is 0 Å². The Morgan fingerprint density at radius 2 is 1.92 bits per heavy atom. The maximum absolute atomic E-state index is 13.1. The van der Waals surface area contributed by atoms with Gasteiger partial charge in [-0.2, -0.15) is 21.9 Å². The summed E-state index contributed by atoms with van der Waals surface area (Å²) in [5.41, 5.74) is 0.333. The van der Waals surface area contributed by atoms with E-state index < -0.39 is 20.0 Å². The maximum atomic E-state index is 13.1. The van der Waals surface area contributed by atoms with E-state index in [4.69, 9.17) is 0 Å². The van der Waals surface area contributed by atoms with Crippen molar-refractivity contribution in [2.75, 3.05) is 13.1 Å². The van der Waals surface area contributed by atoms with Crippen LogP contribution >= 0.6 is 11.3 Å². The van der Waals surface area contributed by atoms with Gasteiger partial charge in [0, 0.05) is 13.1 Å². The molecule has 0 bridgehead atoms. The summed E-state index contributed by atoms with van der Waals surface area (Å²) in [6.45, 7) is 5.95. The molecule has 7 nitrogen and oxygen atoms in total. The van der Waals surface area contributed by atoms with Crippen molar-refractivity contribution in [2.24, 2.45) is 5.92 Å². The minimum absolute atomic E-state index is 0.00160.